The first-order valence-electron chi connectivity index (χ1n) is 7.70. The van der Waals surface area contributed by atoms with Crippen molar-refractivity contribution in [3.63, 3.8) is 0 Å². The van der Waals surface area contributed by atoms with Gasteiger partial charge in [-0.05, 0) is 18.5 Å². The topological polar surface area (TPSA) is 53.6 Å². The van der Waals surface area contributed by atoms with Crippen LogP contribution >= 0.6 is 24.8 Å². The van der Waals surface area contributed by atoms with Crippen molar-refractivity contribution < 1.29 is 9.53 Å². The third kappa shape index (κ3) is 5.94. The monoisotopic (exact) mass is 361 g/mol. The van der Waals surface area contributed by atoms with Gasteiger partial charge in [0.2, 0.25) is 0 Å². The first kappa shape index (κ1) is 20.2. The molecule has 2 heterocycles. The normalized spacial score (nSPS) is 24.3. The summed E-state index contributed by atoms with van der Waals surface area (Å²) in [6.07, 6.45) is 0.662. The second kappa shape index (κ2) is 10.1. The number of nitrogens with one attached hydrogen (secondary N) is 2. The van der Waals surface area contributed by atoms with Gasteiger partial charge in [-0.3, -0.25) is 9.69 Å². The summed E-state index contributed by atoms with van der Waals surface area (Å²) >= 11 is 0. The summed E-state index contributed by atoms with van der Waals surface area (Å²) < 4.78 is 5.64. The number of rotatable bonds is 4. The number of hydrogen-bond acceptors (Lipinski definition) is 4. The maximum absolute atomic E-state index is 12.3. The average Bonchev–Trinajstić information content (AvgIpc) is 3.01. The lowest BCUT2D eigenvalue weighted by atomic mass is 10.1. The Morgan fingerprint density at radius 1 is 1.30 bits per heavy atom. The predicted molar refractivity (Wildman–Crippen MR) is 95.4 cm³/mol. The third-order valence-electron chi connectivity index (χ3n) is 4.10. The molecule has 0 spiro atoms. The molecule has 2 aliphatic heterocycles. The Balaban J connectivity index is 0.00000132. The number of amides is 1. The van der Waals surface area contributed by atoms with Gasteiger partial charge in [-0.25, -0.2) is 0 Å². The molecule has 0 bridgehead atoms. The number of morpholine rings is 1. The minimum absolute atomic E-state index is 0. The molecule has 2 unspecified atom stereocenters. The van der Waals surface area contributed by atoms with Crippen molar-refractivity contribution in [3.05, 3.63) is 35.9 Å². The molecule has 2 aliphatic rings. The van der Waals surface area contributed by atoms with Crippen molar-refractivity contribution in [1.29, 1.82) is 0 Å². The molecule has 2 saturated heterocycles. The van der Waals surface area contributed by atoms with Gasteiger partial charge in [-0.2, -0.15) is 0 Å². The molecule has 2 fully saturated rings. The van der Waals surface area contributed by atoms with E-state index < -0.39 is 0 Å². The summed E-state index contributed by atoms with van der Waals surface area (Å²) in [5.74, 6) is 0.0291. The smallest absolute Gasteiger partial charge is 0.250 e. The van der Waals surface area contributed by atoms with Crippen molar-refractivity contribution in [1.82, 2.24) is 15.5 Å². The van der Waals surface area contributed by atoms with Gasteiger partial charge in [0.15, 0.2) is 0 Å². The molecule has 2 atom stereocenters. The van der Waals surface area contributed by atoms with Crippen LogP contribution in [0.4, 0.5) is 0 Å². The van der Waals surface area contributed by atoms with Gasteiger partial charge >= 0.3 is 0 Å². The summed E-state index contributed by atoms with van der Waals surface area (Å²) in [5, 5.41) is 6.34. The van der Waals surface area contributed by atoms with Gasteiger partial charge < -0.3 is 15.4 Å². The van der Waals surface area contributed by atoms with Crippen LogP contribution in [0.3, 0.4) is 0 Å². The Labute approximate surface area is 150 Å². The zero-order chi connectivity index (χ0) is 14.5. The zero-order valence-electron chi connectivity index (χ0n) is 13.1. The van der Waals surface area contributed by atoms with E-state index in [9.17, 15) is 4.79 Å². The van der Waals surface area contributed by atoms with Crippen LogP contribution in [0, 0.1) is 0 Å². The fourth-order valence-corrected chi connectivity index (χ4v) is 2.92. The maximum Gasteiger partial charge on any atom is 0.250 e. The van der Waals surface area contributed by atoms with Crippen LogP contribution in [-0.4, -0.2) is 55.7 Å². The summed E-state index contributed by atoms with van der Waals surface area (Å²) in [6.45, 7) is 4.89. The molecule has 1 amide bonds. The van der Waals surface area contributed by atoms with Crippen LogP contribution in [0.25, 0.3) is 0 Å². The summed E-state index contributed by atoms with van der Waals surface area (Å²) in [6, 6.07) is 10.6. The lowest BCUT2D eigenvalue weighted by molar-refractivity contribution is -0.139. The van der Waals surface area contributed by atoms with E-state index in [1.165, 1.54) is 5.56 Å². The molecule has 5 nitrogen and oxygen atoms in total. The minimum atomic E-state index is -0.344. The first-order chi connectivity index (χ1) is 10.3. The molecule has 23 heavy (non-hydrogen) atoms. The van der Waals surface area contributed by atoms with E-state index in [4.69, 9.17) is 4.74 Å². The predicted octanol–water partition coefficient (Wildman–Crippen LogP) is 1.21. The Kier molecular flexibility index (Phi) is 8.87. The van der Waals surface area contributed by atoms with Crippen LogP contribution in [0.1, 0.15) is 12.0 Å². The van der Waals surface area contributed by atoms with E-state index in [0.717, 1.165) is 32.6 Å². The number of nitrogens with zero attached hydrogens (tertiary/aromatic N) is 1. The minimum Gasteiger partial charge on any atom is -0.366 e. The van der Waals surface area contributed by atoms with E-state index in [1.807, 2.05) is 18.2 Å². The number of ether oxygens (including phenoxy) is 1. The number of benzene rings is 1. The second-order valence-electron chi connectivity index (χ2n) is 5.78. The number of carbonyl (C=O) groups excluding carboxylic acids is 1. The highest BCUT2D eigenvalue weighted by Gasteiger charge is 2.28. The molecule has 0 saturated carbocycles. The van der Waals surface area contributed by atoms with E-state index in [1.54, 1.807) is 0 Å². The lowest BCUT2D eigenvalue weighted by Gasteiger charge is -2.32. The lowest BCUT2D eigenvalue weighted by Crippen LogP contribution is -2.51. The third-order valence-corrected chi connectivity index (χ3v) is 4.10. The Morgan fingerprint density at radius 2 is 2.09 bits per heavy atom. The molecule has 0 radical (unpaired) electrons. The Hall–Kier alpha value is -0.850. The van der Waals surface area contributed by atoms with Gasteiger partial charge in [0, 0.05) is 32.2 Å². The molecule has 0 aliphatic carbocycles. The average molecular weight is 362 g/mol. The molecule has 0 aromatic heterocycles. The molecule has 1 aromatic carbocycles. The van der Waals surface area contributed by atoms with E-state index in [-0.39, 0.29) is 42.9 Å². The Bertz CT molecular complexity index is 470. The van der Waals surface area contributed by atoms with E-state index in [0.29, 0.717) is 13.2 Å². The van der Waals surface area contributed by atoms with E-state index >= 15 is 0 Å². The molecular weight excluding hydrogens is 337 g/mol. The van der Waals surface area contributed by atoms with Gasteiger partial charge in [0.25, 0.3) is 5.91 Å². The van der Waals surface area contributed by atoms with Crippen LogP contribution in [0.2, 0.25) is 0 Å². The number of halogens is 2. The summed E-state index contributed by atoms with van der Waals surface area (Å²) in [4.78, 5) is 14.5. The van der Waals surface area contributed by atoms with E-state index in [2.05, 4.69) is 27.7 Å². The number of hydrogen-bond donors (Lipinski definition) is 2. The highest BCUT2D eigenvalue weighted by Crippen LogP contribution is 2.11. The van der Waals surface area contributed by atoms with Crippen LogP contribution in [-0.2, 0) is 16.1 Å². The van der Waals surface area contributed by atoms with Crippen LogP contribution in [0.15, 0.2) is 30.3 Å². The highest BCUT2D eigenvalue weighted by atomic mass is 35.5. The van der Waals surface area contributed by atoms with Crippen LogP contribution in [0.5, 0.6) is 0 Å². The fraction of sp³-hybridized carbons (Fsp3) is 0.562. The standard InChI is InChI=1S/C16H23N3O2.2ClH/c20-16(18-14-6-7-17-10-14)15-12-19(8-9-21-15)11-13-4-2-1-3-5-13;;/h1-5,14-15,17H,6-12H2,(H,18,20);2*1H. The molecular formula is C16H25Cl2N3O2. The van der Waals surface area contributed by atoms with Crippen molar-refractivity contribution in [2.24, 2.45) is 0 Å². The van der Waals surface area contributed by atoms with Crippen molar-refractivity contribution >= 4 is 30.7 Å². The van der Waals surface area contributed by atoms with Crippen molar-refractivity contribution in [2.45, 2.75) is 25.1 Å². The van der Waals surface area contributed by atoms with Gasteiger partial charge in [0.1, 0.15) is 6.10 Å². The first-order valence-corrected chi connectivity index (χ1v) is 7.70. The van der Waals surface area contributed by atoms with Crippen LogP contribution < -0.4 is 10.6 Å². The van der Waals surface area contributed by atoms with Gasteiger partial charge in [-0.1, -0.05) is 30.3 Å². The maximum atomic E-state index is 12.3. The Morgan fingerprint density at radius 3 is 2.78 bits per heavy atom. The largest absolute Gasteiger partial charge is 0.366 e. The zero-order valence-corrected chi connectivity index (χ0v) is 14.7. The van der Waals surface area contributed by atoms with Crippen molar-refractivity contribution in [2.75, 3.05) is 32.8 Å². The molecule has 130 valence electrons. The quantitative estimate of drug-likeness (QED) is 0.846. The second-order valence-corrected chi connectivity index (χ2v) is 5.78. The molecule has 7 heteroatoms. The van der Waals surface area contributed by atoms with Gasteiger partial charge in [-0.15, -0.1) is 24.8 Å². The van der Waals surface area contributed by atoms with Gasteiger partial charge in [0.05, 0.1) is 6.61 Å². The highest BCUT2D eigenvalue weighted by molar-refractivity contribution is 5.85. The molecule has 3 rings (SSSR count). The number of carbonyl (C=O) groups is 1. The summed E-state index contributed by atoms with van der Waals surface area (Å²) in [7, 11) is 0. The molecule has 1 aromatic rings. The van der Waals surface area contributed by atoms with Crippen molar-refractivity contribution in [3.8, 4) is 0 Å². The molecule has 2 N–H and O–H groups in total. The SMILES string of the molecule is Cl.Cl.O=C(NC1CCNC1)C1CN(Cc2ccccc2)CCO1. The fourth-order valence-electron chi connectivity index (χ4n) is 2.92. The summed E-state index contributed by atoms with van der Waals surface area (Å²) in [5.41, 5.74) is 1.28.